The van der Waals surface area contributed by atoms with Crippen molar-refractivity contribution in [2.24, 2.45) is 0 Å². The van der Waals surface area contributed by atoms with Gasteiger partial charge in [-0.25, -0.2) is 9.18 Å². The van der Waals surface area contributed by atoms with Crippen LogP contribution in [0.5, 0.6) is 0 Å². The van der Waals surface area contributed by atoms with Crippen molar-refractivity contribution in [2.75, 3.05) is 5.32 Å². The molecule has 0 aliphatic rings. The molecule has 0 heterocycles. The minimum Gasteiger partial charge on any atom is -0.308 e. The third kappa shape index (κ3) is 5.42. The molecule has 114 valence electrons. The maximum atomic E-state index is 13.8. The zero-order valence-electron chi connectivity index (χ0n) is 13.1. The van der Waals surface area contributed by atoms with Crippen molar-refractivity contribution in [3.05, 3.63) is 54.0 Å². The van der Waals surface area contributed by atoms with E-state index in [2.05, 4.69) is 17.2 Å². The summed E-state index contributed by atoms with van der Waals surface area (Å²) in [6, 6.07) is 4.23. The molecular weight excluding hydrogens is 267 g/mol. The highest BCUT2D eigenvalue weighted by atomic mass is 19.1. The maximum Gasteiger partial charge on any atom is 0.323 e. The molecule has 0 unspecified atom stereocenters. The van der Waals surface area contributed by atoms with Crippen molar-refractivity contribution >= 4 is 11.7 Å². The lowest BCUT2D eigenvalue weighted by molar-refractivity contribution is 0.254. The Labute approximate surface area is 125 Å². The number of carbonyl (C=O) groups excluding carboxylic acids is 1. The number of carbonyl (C=O) groups is 1. The minimum atomic E-state index is -0.509. The predicted molar refractivity (Wildman–Crippen MR) is 85.8 cm³/mol. The SMILES string of the molecule is C=C(/C=C\CC)NC(=O)Nc1cc(C(C)(C)C)ccc1F. The van der Waals surface area contributed by atoms with Crippen molar-refractivity contribution in [1.82, 2.24) is 5.32 Å². The normalized spacial score (nSPS) is 11.5. The van der Waals surface area contributed by atoms with Crippen molar-refractivity contribution in [3.63, 3.8) is 0 Å². The van der Waals surface area contributed by atoms with Gasteiger partial charge in [0.25, 0.3) is 0 Å². The Bertz CT molecular complexity index is 556. The maximum absolute atomic E-state index is 13.8. The number of urea groups is 1. The first kappa shape index (κ1) is 17.0. The lowest BCUT2D eigenvalue weighted by atomic mass is 9.87. The second-order valence-corrected chi connectivity index (χ2v) is 5.86. The summed E-state index contributed by atoms with van der Waals surface area (Å²) in [7, 11) is 0. The van der Waals surface area contributed by atoms with E-state index in [4.69, 9.17) is 0 Å². The Kier molecular flexibility index (Phi) is 5.70. The molecule has 0 atom stereocenters. The van der Waals surface area contributed by atoms with Gasteiger partial charge in [0.1, 0.15) is 5.82 Å². The van der Waals surface area contributed by atoms with E-state index in [9.17, 15) is 9.18 Å². The largest absolute Gasteiger partial charge is 0.323 e. The summed E-state index contributed by atoms with van der Waals surface area (Å²) in [5.41, 5.74) is 1.45. The average Bonchev–Trinajstić information content (AvgIpc) is 2.37. The van der Waals surface area contributed by atoms with Gasteiger partial charge in [-0.15, -0.1) is 0 Å². The molecule has 1 aromatic carbocycles. The van der Waals surface area contributed by atoms with Crippen LogP contribution in [-0.4, -0.2) is 6.03 Å². The third-order valence-electron chi connectivity index (χ3n) is 2.91. The Hall–Kier alpha value is -2.10. The molecule has 0 bridgehead atoms. The number of hydrogen-bond donors (Lipinski definition) is 2. The summed E-state index contributed by atoms with van der Waals surface area (Å²) in [5.74, 6) is -0.465. The van der Waals surface area contributed by atoms with Gasteiger partial charge in [0.15, 0.2) is 0 Å². The number of nitrogens with one attached hydrogen (secondary N) is 2. The van der Waals surface area contributed by atoms with Gasteiger partial charge in [-0.1, -0.05) is 46.4 Å². The molecule has 3 nitrogen and oxygen atoms in total. The fraction of sp³-hybridized carbons (Fsp3) is 0.353. The van der Waals surface area contributed by atoms with Gasteiger partial charge in [0.05, 0.1) is 5.69 Å². The number of benzene rings is 1. The van der Waals surface area contributed by atoms with E-state index in [0.717, 1.165) is 12.0 Å². The highest BCUT2D eigenvalue weighted by Crippen LogP contribution is 2.26. The second kappa shape index (κ2) is 7.07. The Morgan fingerprint density at radius 3 is 2.62 bits per heavy atom. The number of halogens is 1. The van der Waals surface area contributed by atoms with Crippen molar-refractivity contribution in [3.8, 4) is 0 Å². The molecule has 2 amide bonds. The molecule has 0 radical (unpaired) electrons. The summed E-state index contributed by atoms with van der Waals surface area (Å²) < 4.78 is 13.8. The zero-order chi connectivity index (χ0) is 16.0. The molecule has 0 aliphatic heterocycles. The number of amides is 2. The summed E-state index contributed by atoms with van der Waals surface area (Å²) >= 11 is 0. The molecule has 21 heavy (non-hydrogen) atoms. The smallest absolute Gasteiger partial charge is 0.308 e. The first-order valence-corrected chi connectivity index (χ1v) is 6.97. The molecule has 1 rings (SSSR count). The highest BCUT2D eigenvalue weighted by Gasteiger charge is 2.16. The molecule has 0 aliphatic carbocycles. The monoisotopic (exact) mass is 290 g/mol. The van der Waals surface area contributed by atoms with Crippen LogP contribution in [0.2, 0.25) is 0 Å². The fourth-order valence-corrected chi connectivity index (χ4v) is 1.69. The fourth-order valence-electron chi connectivity index (χ4n) is 1.69. The van der Waals surface area contributed by atoms with E-state index in [1.165, 1.54) is 6.07 Å². The highest BCUT2D eigenvalue weighted by molar-refractivity contribution is 5.90. The average molecular weight is 290 g/mol. The van der Waals surface area contributed by atoms with E-state index < -0.39 is 11.8 Å². The second-order valence-electron chi connectivity index (χ2n) is 5.86. The Morgan fingerprint density at radius 1 is 1.38 bits per heavy atom. The van der Waals surface area contributed by atoms with Crippen LogP contribution in [0.3, 0.4) is 0 Å². The number of anilines is 1. The van der Waals surface area contributed by atoms with Gasteiger partial charge < -0.3 is 10.6 Å². The van der Waals surface area contributed by atoms with Crippen LogP contribution in [0.4, 0.5) is 14.9 Å². The van der Waals surface area contributed by atoms with E-state index in [0.29, 0.717) is 5.70 Å². The number of rotatable bonds is 4. The quantitative estimate of drug-likeness (QED) is 0.774. The van der Waals surface area contributed by atoms with Crippen molar-refractivity contribution < 1.29 is 9.18 Å². The number of hydrogen-bond acceptors (Lipinski definition) is 1. The molecule has 0 saturated carbocycles. The lowest BCUT2D eigenvalue weighted by Gasteiger charge is -2.20. The van der Waals surface area contributed by atoms with Crippen LogP contribution in [0.1, 0.15) is 39.7 Å². The third-order valence-corrected chi connectivity index (χ3v) is 2.91. The lowest BCUT2D eigenvalue weighted by Crippen LogP contribution is -2.27. The van der Waals surface area contributed by atoms with Gasteiger partial charge in [-0.2, -0.15) is 0 Å². The number of allylic oxidation sites excluding steroid dienone is 2. The van der Waals surface area contributed by atoms with Gasteiger partial charge in [0, 0.05) is 5.70 Å². The van der Waals surface area contributed by atoms with Crippen LogP contribution in [0.15, 0.2) is 42.6 Å². The molecule has 1 aromatic rings. The first-order chi connectivity index (χ1) is 9.74. The molecule has 0 fully saturated rings. The standard InChI is InChI=1S/C17H23FN2O/c1-6-7-8-12(2)19-16(21)20-15-11-13(17(3,4)5)9-10-14(15)18/h7-11H,2,6H2,1,3-5H3,(H2,19,20,21)/b8-7-. The van der Waals surface area contributed by atoms with E-state index in [-0.39, 0.29) is 11.1 Å². The molecular formula is C17H23FN2O. The van der Waals surface area contributed by atoms with E-state index >= 15 is 0 Å². The van der Waals surface area contributed by atoms with Crippen molar-refractivity contribution in [2.45, 2.75) is 39.5 Å². The topological polar surface area (TPSA) is 41.1 Å². The molecule has 4 heteroatoms. The Morgan fingerprint density at radius 2 is 2.05 bits per heavy atom. The summed E-state index contributed by atoms with van der Waals surface area (Å²) in [5, 5.41) is 5.06. The molecule has 0 aromatic heterocycles. The van der Waals surface area contributed by atoms with Gasteiger partial charge in [-0.3, -0.25) is 0 Å². The molecule has 0 saturated heterocycles. The van der Waals surface area contributed by atoms with Gasteiger partial charge in [-0.05, 0) is 35.6 Å². The minimum absolute atomic E-state index is 0.117. The van der Waals surface area contributed by atoms with Gasteiger partial charge in [0.2, 0.25) is 0 Å². The molecule has 0 spiro atoms. The van der Waals surface area contributed by atoms with Crippen molar-refractivity contribution in [1.29, 1.82) is 0 Å². The Balaban J connectivity index is 2.81. The van der Waals surface area contributed by atoms with Crippen LogP contribution in [-0.2, 0) is 5.41 Å². The summed E-state index contributed by atoms with van der Waals surface area (Å²) in [6.45, 7) is 11.8. The van der Waals surface area contributed by atoms with Crippen LogP contribution in [0.25, 0.3) is 0 Å². The van der Waals surface area contributed by atoms with E-state index in [1.807, 2.05) is 33.8 Å². The van der Waals surface area contributed by atoms with Crippen LogP contribution >= 0.6 is 0 Å². The van der Waals surface area contributed by atoms with Gasteiger partial charge >= 0.3 is 6.03 Å². The predicted octanol–water partition coefficient (Wildman–Crippen LogP) is 4.72. The summed E-state index contributed by atoms with van der Waals surface area (Å²) in [6.07, 6.45) is 4.44. The van der Waals surface area contributed by atoms with Crippen LogP contribution in [0, 0.1) is 5.82 Å². The van der Waals surface area contributed by atoms with E-state index in [1.54, 1.807) is 18.2 Å². The zero-order valence-corrected chi connectivity index (χ0v) is 13.1. The first-order valence-electron chi connectivity index (χ1n) is 6.97. The van der Waals surface area contributed by atoms with Crippen LogP contribution < -0.4 is 10.6 Å². The summed E-state index contributed by atoms with van der Waals surface area (Å²) in [4.78, 5) is 11.8. The molecule has 2 N–H and O–H groups in total.